The number of piperidine rings is 1. The molecule has 1 saturated carbocycles. The van der Waals surface area contributed by atoms with Gasteiger partial charge >= 0.3 is 0 Å². The molecule has 14 heavy (non-hydrogen) atoms. The van der Waals surface area contributed by atoms with Crippen LogP contribution in [0.1, 0.15) is 51.4 Å². The van der Waals surface area contributed by atoms with E-state index in [1.165, 1.54) is 25.7 Å². The summed E-state index contributed by atoms with van der Waals surface area (Å²) in [6.45, 7) is 0. The molecule has 0 aromatic rings. The molecule has 0 unspecified atom stereocenters. The smallest absolute Gasteiger partial charge is 0.227 e. The van der Waals surface area contributed by atoms with Crippen LogP contribution in [-0.4, -0.2) is 11.8 Å². The molecule has 0 aromatic carbocycles. The Hall–Kier alpha value is -0.860. The minimum atomic E-state index is -0.0665. The number of hydrogen-bond acceptors (Lipinski definition) is 2. The van der Waals surface area contributed by atoms with Gasteiger partial charge in [0.05, 0.1) is 0 Å². The minimum Gasteiger partial charge on any atom is -0.296 e. The van der Waals surface area contributed by atoms with Crippen molar-refractivity contribution in [2.24, 2.45) is 5.41 Å². The Labute approximate surface area is 84.2 Å². The predicted octanol–water partition coefficient (Wildman–Crippen LogP) is 1.76. The van der Waals surface area contributed by atoms with Crippen LogP contribution in [0.25, 0.3) is 0 Å². The molecule has 0 aromatic heterocycles. The van der Waals surface area contributed by atoms with Crippen LogP contribution in [-0.2, 0) is 9.59 Å². The number of nitrogens with one attached hydrogen (secondary N) is 1. The number of carbonyl (C=O) groups is 2. The molecule has 1 N–H and O–H groups in total. The second kappa shape index (κ2) is 3.71. The lowest BCUT2D eigenvalue weighted by Gasteiger charge is -2.34. The van der Waals surface area contributed by atoms with Crippen molar-refractivity contribution in [1.29, 1.82) is 0 Å². The molecule has 0 bridgehead atoms. The Bertz CT molecular complexity index is 234. The minimum absolute atomic E-state index is 0.0237. The highest BCUT2D eigenvalue weighted by Crippen LogP contribution is 2.42. The van der Waals surface area contributed by atoms with E-state index in [0.29, 0.717) is 12.8 Å². The highest BCUT2D eigenvalue weighted by molar-refractivity contribution is 5.98. The normalized spacial score (nSPS) is 27.1. The number of carbonyl (C=O) groups excluding carboxylic acids is 2. The monoisotopic (exact) mass is 195 g/mol. The fourth-order valence-corrected chi connectivity index (χ4v) is 2.82. The first-order valence-corrected chi connectivity index (χ1v) is 5.53. The zero-order chi connectivity index (χ0) is 10.0. The van der Waals surface area contributed by atoms with Crippen LogP contribution in [0.3, 0.4) is 0 Å². The van der Waals surface area contributed by atoms with E-state index in [0.717, 1.165) is 12.8 Å². The van der Waals surface area contributed by atoms with Crippen LogP contribution in [0.4, 0.5) is 0 Å². The number of hydrogen-bond donors (Lipinski definition) is 1. The number of rotatable bonds is 0. The summed E-state index contributed by atoms with van der Waals surface area (Å²) >= 11 is 0. The first kappa shape index (κ1) is 9.69. The van der Waals surface area contributed by atoms with E-state index in [1.54, 1.807) is 0 Å². The van der Waals surface area contributed by atoms with Gasteiger partial charge in [0.25, 0.3) is 0 Å². The van der Waals surface area contributed by atoms with Crippen LogP contribution in [0.15, 0.2) is 0 Å². The first-order chi connectivity index (χ1) is 6.70. The predicted molar refractivity (Wildman–Crippen MR) is 52.5 cm³/mol. The van der Waals surface area contributed by atoms with Crippen molar-refractivity contribution >= 4 is 11.8 Å². The van der Waals surface area contributed by atoms with Crippen LogP contribution >= 0.6 is 0 Å². The van der Waals surface area contributed by atoms with Crippen molar-refractivity contribution in [1.82, 2.24) is 5.32 Å². The lowest BCUT2D eigenvalue weighted by atomic mass is 9.72. The molecule has 2 fully saturated rings. The van der Waals surface area contributed by atoms with Crippen LogP contribution in [0.5, 0.6) is 0 Å². The fraction of sp³-hybridized carbons (Fsp3) is 0.818. The Balaban J connectivity index is 2.11. The molecule has 2 rings (SSSR count). The van der Waals surface area contributed by atoms with Gasteiger partial charge in [-0.25, -0.2) is 0 Å². The molecule has 2 amide bonds. The van der Waals surface area contributed by atoms with E-state index >= 15 is 0 Å². The summed E-state index contributed by atoms with van der Waals surface area (Å²) in [7, 11) is 0. The molecule has 1 heterocycles. The van der Waals surface area contributed by atoms with Gasteiger partial charge in [-0.05, 0) is 18.3 Å². The Morgan fingerprint density at radius 2 is 1.36 bits per heavy atom. The van der Waals surface area contributed by atoms with E-state index in [4.69, 9.17) is 0 Å². The molecule has 1 spiro atoms. The van der Waals surface area contributed by atoms with Gasteiger partial charge in [-0.3, -0.25) is 14.9 Å². The van der Waals surface area contributed by atoms with Crippen molar-refractivity contribution in [3.63, 3.8) is 0 Å². The highest BCUT2D eigenvalue weighted by Gasteiger charge is 2.39. The molecule has 3 heteroatoms. The number of imide groups is 1. The molecule has 1 aliphatic heterocycles. The largest absolute Gasteiger partial charge is 0.296 e. The van der Waals surface area contributed by atoms with Gasteiger partial charge in [0.2, 0.25) is 11.8 Å². The summed E-state index contributed by atoms with van der Waals surface area (Å²) < 4.78 is 0. The number of amides is 2. The molecule has 2 aliphatic rings. The summed E-state index contributed by atoms with van der Waals surface area (Å²) in [5.41, 5.74) is 0.0237. The molecule has 1 aliphatic carbocycles. The lowest BCUT2D eigenvalue weighted by molar-refractivity contribution is -0.138. The van der Waals surface area contributed by atoms with Crippen LogP contribution in [0.2, 0.25) is 0 Å². The van der Waals surface area contributed by atoms with E-state index < -0.39 is 0 Å². The van der Waals surface area contributed by atoms with Crippen molar-refractivity contribution in [2.75, 3.05) is 0 Å². The maximum Gasteiger partial charge on any atom is 0.227 e. The average Bonchev–Trinajstić information content (AvgIpc) is 2.28. The zero-order valence-corrected chi connectivity index (χ0v) is 8.47. The summed E-state index contributed by atoms with van der Waals surface area (Å²) in [4.78, 5) is 22.7. The van der Waals surface area contributed by atoms with Gasteiger partial charge in [-0.1, -0.05) is 25.7 Å². The van der Waals surface area contributed by atoms with E-state index in [1.807, 2.05) is 0 Å². The molecule has 78 valence electrons. The topological polar surface area (TPSA) is 46.2 Å². The maximum atomic E-state index is 11.3. The van der Waals surface area contributed by atoms with E-state index in [9.17, 15) is 9.59 Å². The van der Waals surface area contributed by atoms with Gasteiger partial charge in [-0.15, -0.1) is 0 Å². The average molecular weight is 195 g/mol. The van der Waals surface area contributed by atoms with E-state index in [-0.39, 0.29) is 17.2 Å². The maximum absolute atomic E-state index is 11.3. The third kappa shape index (κ3) is 1.97. The SMILES string of the molecule is O=C1CC2(CCCCCC2)CC(=O)N1. The van der Waals surface area contributed by atoms with Crippen molar-refractivity contribution in [3.8, 4) is 0 Å². The highest BCUT2D eigenvalue weighted by atomic mass is 16.2. The second-order valence-corrected chi connectivity index (χ2v) is 4.74. The van der Waals surface area contributed by atoms with Crippen LogP contribution < -0.4 is 5.32 Å². The summed E-state index contributed by atoms with van der Waals surface area (Å²) in [5.74, 6) is -0.133. The standard InChI is InChI=1S/C11H17NO2/c13-9-7-11(8-10(14)12-9)5-3-1-2-4-6-11/h1-8H2,(H,12,13,14). The van der Waals surface area contributed by atoms with Crippen molar-refractivity contribution in [3.05, 3.63) is 0 Å². The quantitative estimate of drug-likeness (QED) is 0.599. The van der Waals surface area contributed by atoms with Crippen molar-refractivity contribution in [2.45, 2.75) is 51.4 Å². The molecule has 0 radical (unpaired) electrons. The Morgan fingerprint density at radius 3 is 1.86 bits per heavy atom. The molecule has 3 nitrogen and oxygen atoms in total. The molecular formula is C11H17NO2. The second-order valence-electron chi connectivity index (χ2n) is 4.74. The summed E-state index contributed by atoms with van der Waals surface area (Å²) in [6, 6.07) is 0. The van der Waals surface area contributed by atoms with Gasteiger partial charge in [-0.2, -0.15) is 0 Å². The zero-order valence-electron chi connectivity index (χ0n) is 8.47. The Kier molecular flexibility index (Phi) is 2.57. The molecule has 0 atom stereocenters. The third-order valence-electron chi connectivity index (χ3n) is 3.51. The fourth-order valence-electron chi connectivity index (χ4n) is 2.82. The van der Waals surface area contributed by atoms with Gasteiger partial charge in [0.1, 0.15) is 0 Å². The molecular weight excluding hydrogens is 178 g/mol. The first-order valence-electron chi connectivity index (χ1n) is 5.53. The van der Waals surface area contributed by atoms with Crippen molar-refractivity contribution < 1.29 is 9.59 Å². The summed E-state index contributed by atoms with van der Waals surface area (Å²) in [5, 5.41) is 2.39. The van der Waals surface area contributed by atoms with Gasteiger partial charge < -0.3 is 0 Å². The third-order valence-corrected chi connectivity index (χ3v) is 3.51. The van der Waals surface area contributed by atoms with Crippen LogP contribution in [0, 0.1) is 5.41 Å². The van der Waals surface area contributed by atoms with E-state index in [2.05, 4.69) is 5.32 Å². The molecule has 1 saturated heterocycles. The lowest BCUT2D eigenvalue weighted by Crippen LogP contribution is -2.44. The Morgan fingerprint density at radius 1 is 0.857 bits per heavy atom. The van der Waals surface area contributed by atoms with Gasteiger partial charge in [0.15, 0.2) is 0 Å². The van der Waals surface area contributed by atoms with Gasteiger partial charge in [0, 0.05) is 12.8 Å². The summed E-state index contributed by atoms with van der Waals surface area (Å²) in [6.07, 6.45) is 8.14.